The van der Waals surface area contributed by atoms with Gasteiger partial charge in [0.05, 0.1) is 0 Å². The molecule has 0 radical (unpaired) electrons. The fraction of sp³-hybridized carbons (Fsp3) is 1.00. The molecule has 3 heteroatoms. The number of hydrogen-bond acceptors (Lipinski definition) is 3. The predicted octanol–water partition coefficient (Wildman–Crippen LogP) is 0.585. The highest BCUT2D eigenvalue weighted by Gasteiger charge is 1.98. The fourth-order valence-electron chi connectivity index (χ4n) is 0.761. The van der Waals surface area contributed by atoms with E-state index in [4.69, 9.17) is 5.73 Å². The molecule has 0 aliphatic rings. The van der Waals surface area contributed by atoms with Crippen LogP contribution in [0.15, 0.2) is 0 Å². The first kappa shape index (κ1) is 10.3. The van der Waals surface area contributed by atoms with E-state index in [0.717, 1.165) is 13.0 Å². The highest BCUT2D eigenvalue weighted by molar-refractivity contribution is 7.81. The van der Waals surface area contributed by atoms with Crippen molar-refractivity contribution >= 4 is 12.6 Å². The van der Waals surface area contributed by atoms with Crippen molar-refractivity contribution in [1.29, 1.82) is 0 Å². The van der Waals surface area contributed by atoms with E-state index in [-0.39, 0.29) is 0 Å². The van der Waals surface area contributed by atoms with E-state index in [1.54, 1.807) is 0 Å². The summed E-state index contributed by atoms with van der Waals surface area (Å²) in [7, 11) is 4.16. The van der Waals surface area contributed by atoms with Gasteiger partial charge in [-0.05, 0) is 33.5 Å². The van der Waals surface area contributed by atoms with Crippen LogP contribution in [0, 0.1) is 0 Å². The van der Waals surface area contributed by atoms with Crippen molar-refractivity contribution in [1.82, 2.24) is 4.90 Å². The van der Waals surface area contributed by atoms with Gasteiger partial charge in [-0.1, -0.05) is 0 Å². The zero-order chi connectivity index (χ0) is 7.98. The van der Waals surface area contributed by atoms with Gasteiger partial charge in [-0.25, -0.2) is 0 Å². The molecule has 10 heavy (non-hydrogen) atoms. The summed E-state index contributed by atoms with van der Waals surface area (Å²) in [6, 6.07) is 0. The minimum atomic E-state index is 0.389. The van der Waals surface area contributed by atoms with Crippen LogP contribution >= 0.6 is 12.6 Å². The maximum absolute atomic E-state index is 5.40. The zero-order valence-corrected chi connectivity index (χ0v) is 7.77. The van der Waals surface area contributed by atoms with Gasteiger partial charge in [-0.3, -0.25) is 0 Å². The summed E-state index contributed by atoms with van der Waals surface area (Å²) in [5, 5.41) is 0.389. The lowest BCUT2D eigenvalue weighted by Crippen LogP contribution is -2.18. The number of thiol groups is 1. The molecule has 0 saturated carbocycles. The first-order valence-electron chi connectivity index (χ1n) is 3.69. The van der Waals surface area contributed by atoms with Gasteiger partial charge in [-0.15, -0.1) is 0 Å². The summed E-state index contributed by atoms with van der Waals surface area (Å²) in [5.41, 5.74) is 5.40. The summed E-state index contributed by atoms with van der Waals surface area (Å²) in [6.45, 7) is 1.83. The third kappa shape index (κ3) is 6.39. The van der Waals surface area contributed by atoms with Crippen molar-refractivity contribution in [2.24, 2.45) is 5.73 Å². The van der Waals surface area contributed by atoms with E-state index in [1.165, 1.54) is 6.42 Å². The van der Waals surface area contributed by atoms with Crippen molar-refractivity contribution in [2.45, 2.75) is 18.1 Å². The Balaban J connectivity index is 3.03. The molecule has 0 amide bonds. The highest BCUT2D eigenvalue weighted by atomic mass is 32.1. The summed E-state index contributed by atoms with van der Waals surface area (Å²) in [4.78, 5) is 2.18. The number of hydrogen-bond donors (Lipinski definition) is 2. The second-order valence-corrected chi connectivity index (χ2v) is 3.57. The third-order valence-electron chi connectivity index (χ3n) is 1.41. The van der Waals surface area contributed by atoms with E-state index < -0.39 is 0 Å². The standard InChI is InChI=1S/C7H18N2S/c1-9(2)5-3-4-7(10)6-8/h7,10H,3-6,8H2,1-2H3. The van der Waals surface area contributed by atoms with Gasteiger partial charge in [0, 0.05) is 11.8 Å². The summed E-state index contributed by atoms with van der Waals surface area (Å²) >= 11 is 4.29. The van der Waals surface area contributed by atoms with Gasteiger partial charge in [0.25, 0.3) is 0 Å². The maximum atomic E-state index is 5.40. The van der Waals surface area contributed by atoms with Gasteiger partial charge in [-0.2, -0.15) is 12.6 Å². The smallest absolute Gasteiger partial charge is 0.0140 e. The first-order chi connectivity index (χ1) is 4.66. The lowest BCUT2D eigenvalue weighted by Gasteiger charge is -2.11. The Morgan fingerprint density at radius 2 is 2.10 bits per heavy atom. The minimum Gasteiger partial charge on any atom is -0.329 e. The van der Waals surface area contributed by atoms with Crippen molar-refractivity contribution in [2.75, 3.05) is 27.2 Å². The van der Waals surface area contributed by atoms with Crippen LogP contribution in [0.5, 0.6) is 0 Å². The predicted molar refractivity (Wildman–Crippen MR) is 49.6 cm³/mol. The van der Waals surface area contributed by atoms with Gasteiger partial charge in [0.2, 0.25) is 0 Å². The fourth-order valence-corrected chi connectivity index (χ4v) is 0.944. The monoisotopic (exact) mass is 162 g/mol. The van der Waals surface area contributed by atoms with Gasteiger partial charge in [0.1, 0.15) is 0 Å². The molecule has 0 rings (SSSR count). The normalized spacial score (nSPS) is 14.1. The Hall–Kier alpha value is 0.270. The first-order valence-corrected chi connectivity index (χ1v) is 4.21. The van der Waals surface area contributed by atoms with E-state index in [0.29, 0.717) is 11.8 Å². The summed E-state index contributed by atoms with van der Waals surface area (Å²) < 4.78 is 0. The minimum absolute atomic E-state index is 0.389. The number of rotatable bonds is 5. The Kier molecular flexibility index (Phi) is 6.17. The zero-order valence-electron chi connectivity index (χ0n) is 6.88. The summed E-state index contributed by atoms with van der Waals surface area (Å²) in [5.74, 6) is 0. The molecule has 0 aliphatic heterocycles. The second-order valence-electron chi connectivity index (χ2n) is 2.84. The molecule has 0 aromatic carbocycles. The van der Waals surface area contributed by atoms with Crippen molar-refractivity contribution in [3.05, 3.63) is 0 Å². The Labute approximate surface area is 69.2 Å². The van der Waals surface area contributed by atoms with E-state index >= 15 is 0 Å². The number of nitrogens with two attached hydrogens (primary N) is 1. The van der Waals surface area contributed by atoms with Crippen molar-refractivity contribution in [3.63, 3.8) is 0 Å². The van der Waals surface area contributed by atoms with Gasteiger partial charge in [0.15, 0.2) is 0 Å². The van der Waals surface area contributed by atoms with Crippen LogP contribution in [0.2, 0.25) is 0 Å². The van der Waals surface area contributed by atoms with Crippen LogP contribution in [0.4, 0.5) is 0 Å². The third-order valence-corrected chi connectivity index (χ3v) is 1.88. The van der Waals surface area contributed by atoms with Crippen LogP contribution < -0.4 is 5.73 Å². The molecule has 0 aliphatic carbocycles. The van der Waals surface area contributed by atoms with Crippen LogP contribution in [-0.4, -0.2) is 37.3 Å². The highest BCUT2D eigenvalue weighted by Crippen LogP contribution is 2.02. The molecule has 1 unspecified atom stereocenters. The van der Waals surface area contributed by atoms with Crippen LogP contribution in [0.25, 0.3) is 0 Å². The Morgan fingerprint density at radius 3 is 2.50 bits per heavy atom. The summed E-state index contributed by atoms with van der Waals surface area (Å²) in [6.07, 6.45) is 2.32. The molecule has 2 nitrogen and oxygen atoms in total. The average Bonchev–Trinajstić information content (AvgIpc) is 1.87. The Bertz CT molecular complexity index is 76.0. The molecule has 0 saturated heterocycles. The Morgan fingerprint density at radius 1 is 1.50 bits per heavy atom. The van der Waals surface area contributed by atoms with Crippen molar-refractivity contribution < 1.29 is 0 Å². The molecule has 1 atom stereocenters. The SMILES string of the molecule is CN(C)CCCC(S)CN. The molecular formula is C7H18N2S. The average molecular weight is 162 g/mol. The molecule has 2 N–H and O–H groups in total. The molecule has 0 heterocycles. The second kappa shape index (κ2) is 6.01. The molecule has 0 bridgehead atoms. The molecule has 0 spiro atoms. The molecule has 0 aromatic rings. The molecule has 0 fully saturated rings. The van der Waals surface area contributed by atoms with E-state index in [1.807, 2.05) is 0 Å². The van der Waals surface area contributed by atoms with E-state index in [2.05, 4.69) is 31.6 Å². The van der Waals surface area contributed by atoms with Crippen LogP contribution in [0.3, 0.4) is 0 Å². The molecule has 0 aromatic heterocycles. The van der Waals surface area contributed by atoms with Crippen LogP contribution in [0.1, 0.15) is 12.8 Å². The van der Waals surface area contributed by atoms with Crippen LogP contribution in [-0.2, 0) is 0 Å². The number of nitrogens with zero attached hydrogens (tertiary/aromatic N) is 1. The molecular weight excluding hydrogens is 144 g/mol. The van der Waals surface area contributed by atoms with Gasteiger partial charge >= 0.3 is 0 Å². The van der Waals surface area contributed by atoms with Gasteiger partial charge < -0.3 is 10.6 Å². The quantitative estimate of drug-likeness (QED) is 0.579. The topological polar surface area (TPSA) is 29.3 Å². The lowest BCUT2D eigenvalue weighted by molar-refractivity contribution is 0.393. The maximum Gasteiger partial charge on any atom is 0.0140 e. The molecule has 62 valence electrons. The largest absolute Gasteiger partial charge is 0.329 e. The van der Waals surface area contributed by atoms with Crippen molar-refractivity contribution in [3.8, 4) is 0 Å². The lowest BCUT2D eigenvalue weighted by atomic mass is 10.2. The van der Waals surface area contributed by atoms with E-state index in [9.17, 15) is 0 Å².